The van der Waals surface area contributed by atoms with Gasteiger partial charge in [0.2, 0.25) is 5.91 Å². The van der Waals surface area contributed by atoms with E-state index in [0.717, 1.165) is 17.5 Å². The smallest absolute Gasteiger partial charge is 0.237 e. The number of ether oxygens (including phenoxy) is 1. The lowest BCUT2D eigenvalue weighted by molar-refractivity contribution is -0.123. The van der Waals surface area contributed by atoms with Gasteiger partial charge < -0.3 is 15.8 Å². The van der Waals surface area contributed by atoms with Gasteiger partial charge in [-0.2, -0.15) is 0 Å². The van der Waals surface area contributed by atoms with Gasteiger partial charge in [-0.25, -0.2) is 4.39 Å². The quantitative estimate of drug-likeness (QED) is 0.771. The SMILES string of the molecule is CCC(C)C(N)C(=O)NCc1ccc(OCc2cccc(F)c2)cc1. The van der Waals surface area contributed by atoms with Gasteiger partial charge in [-0.1, -0.05) is 44.5 Å². The Morgan fingerprint density at radius 1 is 1.20 bits per heavy atom. The zero-order chi connectivity index (χ0) is 18.2. The number of carbonyl (C=O) groups is 1. The monoisotopic (exact) mass is 344 g/mol. The first-order valence-electron chi connectivity index (χ1n) is 8.49. The molecule has 0 aliphatic carbocycles. The molecule has 0 aliphatic rings. The third kappa shape index (κ3) is 5.87. The predicted molar refractivity (Wildman–Crippen MR) is 96.5 cm³/mol. The van der Waals surface area contributed by atoms with Crippen LogP contribution in [0.25, 0.3) is 0 Å². The van der Waals surface area contributed by atoms with Crippen molar-refractivity contribution in [2.24, 2.45) is 11.7 Å². The summed E-state index contributed by atoms with van der Waals surface area (Å²) in [5.74, 6) is 0.429. The Labute approximate surface area is 148 Å². The number of nitrogens with two attached hydrogens (primary N) is 1. The van der Waals surface area contributed by atoms with Crippen molar-refractivity contribution in [2.75, 3.05) is 0 Å². The van der Waals surface area contributed by atoms with Gasteiger partial charge in [-0.3, -0.25) is 4.79 Å². The summed E-state index contributed by atoms with van der Waals surface area (Å²) in [4.78, 5) is 12.0. The fourth-order valence-corrected chi connectivity index (χ4v) is 2.32. The van der Waals surface area contributed by atoms with E-state index in [2.05, 4.69) is 5.32 Å². The second-order valence-corrected chi connectivity index (χ2v) is 6.19. The van der Waals surface area contributed by atoms with E-state index < -0.39 is 6.04 Å². The minimum atomic E-state index is -0.487. The van der Waals surface area contributed by atoms with Gasteiger partial charge in [0.25, 0.3) is 0 Å². The lowest BCUT2D eigenvalue weighted by Crippen LogP contribution is -2.44. The summed E-state index contributed by atoms with van der Waals surface area (Å²) in [6.45, 7) is 4.71. The Balaban J connectivity index is 1.82. The summed E-state index contributed by atoms with van der Waals surface area (Å²) in [6, 6.07) is 13.3. The van der Waals surface area contributed by atoms with E-state index in [4.69, 9.17) is 10.5 Å². The minimum Gasteiger partial charge on any atom is -0.489 e. The normalized spacial score (nSPS) is 13.1. The molecule has 2 unspecified atom stereocenters. The van der Waals surface area contributed by atoms with Crippen molar-refractivity contribution in [3.8, 4) is 5.75 Å². The van der Waals surface area contributed by atoms with E-state index in [0.29, 0.717) is 18.9 Å². The first-order chi connectivity index (χ1) is 12.0. The van der Waals surface area contributed by atoms with Crippen LogP contribution in [-0.4, -0.2) is 11.9 Å². The highest BCUT2D eigenvalue weighted by Crippen LogP contribution is 2.15. The first-order valence-corrected chi connectivity index (χ1v) is 8.49. The average Bonchev–Trinajstić information content (AvgIpc) is 2.64. The molecule has 2 aromatic carbocycles. The van der Waals surface area contributed by atoms with Crippen LogP contribution in [0.3, 0.4) is 0 Å². The summed E-state index contributed by atoms with van der Waals surface area (Å²) in [5.41, 5.74) is 7.64. The highest BCUT2D eigenvalue weighted by molar-refractivity contribution is 5.81. The zero-order valence-electron chi connectivity index (χ0n) is 14.7. The third-order valence-corrected chi connectivity index (χ3v) is 4.24. The maximum Gasteiger partial charge on any atom is 0.237 e. The number of benzene rings is 2. The molecule has 0 bridgehead atoms. The van der Waals surface area contributed by atoms with Crippen LogP contribution in [0.2, 0.25) is 0 Å². The van der Waals surface area contributed by atoms with Crippen LogP contribution in [-0.2, 0) is 17.9 Å². The molecule has 0 aromatic heterocycles. The number of rotatable bonds is 8. The Bertz CT molecular complexity index is 688. The van der Waals surface area contributed by atoms with E-state index >= 15 is 0 Å². The van der Waals surface area contributed by atoms with E-state index in [1.165, 1.54) is 12.1 Å². The van der Waals surface area contributed by atoms with E-state index in [-0.39, 0.29) is 17.6 Å². The molecule has 4 nitrogen and oxygen atoms in total. The van der Waals surface area contributed by atoms with Crippen molar-refractivity contribution < 1.29 is 13.9 Å². The Morgan fingerprint density at radius 3 is 2.56 bits per heavy atom. The second kappa shape index (κ2) is 9.18. The van der Waals surface area contributed by atoms with E-state index in [1.807, 2.05) is 44.2 Å². The standard InChI is InChI=1S/C20H25FN2O2/c1-3-14(2)19(22)20(24)23-12-15-7-9-18(10-8-15)25-13-16-5-4-6-17(21)11-16/h4-11,14,19H,3,12-13,22H2,1-2H3,(H,23,24). The Morgan fingerprint density at radius 2 is 1.92 bits per heavy atom. The molecule has 0 fully saturated rings. The van der Waals surface area contributed by atoms with Crippen LogP contribution >= 0.6 is 0 Å². The molecule has 134 valence electrons. The van der Waals surface area contributed by atoms with Gasteiger partial charge in [-0.15, -0.1) is 0 Å². The van der Waals surface area contributed by atoms with Gasteiger partial charge in [0.15, 0.2) is 0 Å². The maximum atomic E-state index is 13.1. The summed E-state index contributed by atoms with van der Waals surface area (Å²) < 4.78 is 18.8. The summed E-state index contributed by atoms with van der Waals surface area (Å²) in [5, 5.41) is 2.85. The summed E-state index contributed by atoms with van der Waals surface area (Å²) in [6.07, 6.45) is 0.867. The van der Waals surface area contributed by atoms with Gasteiger partial charge in [0.05, 0.1) is 6.04 Å². The lowest BCUT2D eigenvalue weighted by atomic mass is 9.99. The Kier molecular flexibility index (Phi) is 6.95. The van der Waals surface area contributed by atoms with Gasteiger partial charge >= 0.3 is 0 Å². The number of carbonyl (C=O) groups excluding carboxylic acids is 1. The molecule has 3 N–H and O–H groups in total. The molecule has 2 atom stereocenters. The average molecular weight is 344 g/mol. The highest BCUT2D eigenvalue weighted by atomic mass is 19.1. The fraction of sp³-hybridized carbons (Fsp3) is 0.350. The number of amides is 1. The summed E-state index contributed by atoms with van der Waals surface area (Å²) in [7, 11) is 0. The number of nitrogens with one attached hydrogen (secondary N) is 1. The molecule has 1 amide bonds. The third-order valence-electron chi connectivity index (χ3n) is 4.24. The number of hydrogen-bond acceptors (Lipinski definition) is 3. The second-order valence-electron chi connectivity index (χ2n) is 6.19. The number of halogens is 1. The molecule has 2 aromatic rings. The summed E-state index contributed by atoms with van der Waals surface area (Å²) >= 11 is 0. The van der Waals surface area contributed by atoms with Crippen LogP contribution in [0.4, 0.5) is 4.39 Å². The largest absolute Gasteiger partial charge is 0.489 e. The number of hydrogen-bond donors (Lipinski definition) is 2. The molecule has 0 spiro atoms. The van der Waals surface area contributed by atoms with Crippen molar-refractivity contribution in [1.29, 1.82) is 0 Å². The molecular formula is C20H25FN2O2. The topological polar surface area (TPSA) is 64.4 Å². The van der Waals surface area contributed by atoms with Gasteiger partial charge in [-0.05, 0) is 41.3 Å². The molecule has 0 radical (unpaired) electrons. The minimum absolute atomic E-state index is 0.138. The molecule has 0 saturated heterocycles. The lowest BCUT2D eigenvalue weighted by Gasteiger charge is -2.17. The van der Waals surface area contributed by atoms with Crippen LogP contribution in [0.5, 0.6) is 5.75 Å². The predicted octanol–water partition coefficient (Wildman–Crippen LogP) is 3.39. The van der Waals surface area contributed by atoms with E-state index in [1.54, 1.807) is 6.07 Å². The van der Waals surface area contributed by atoms with Gasteiger partial charge in [0.1, 0.15) is 18.2 Å². The molecule has 0 heterocycles. The maximum absolute atomic E-state index is 13.1. The molecule has 0 aliphatic heterocycles. The molecule has 5 heteroatoms. The molecule has 25 heavy (non-hydrogen) atoms. The van der Waals surface area contributed by atoms with Crippen LogP contribution in [0.1, 0.15) is 31.4 Å². The van der Waals surface area contributed by atoms with Crippen molar-refractivity contribution in [1.82, 2.24) is 5.32 Å². The molecule has 2 rings (SSSR count). The van der Waals surface area contributed by atoms with Crippen LogP contribution < -0.4 is 15.8 Å². The van der Waals surface area contributed by atoms with Crippen molar-refractivity contribution in [3.63, 3.8) is 0 Å². The van der Waals surface area contributed by atoms with Crippen molar-refractivity contribution in [3.05, 3.63) is 65.5 Å². The van der Waals surface area contributed by atoms with Crippen LogP contribution in [0.15, 0.2) is 48.5 Å². The Hall–Kier alpha value is -2.40. The van der Waals surface area contributed by atoms with Crippen molar-refractivity contribution in [2.45, 2.75) is 39.5 Å². The van der Waals surface area contributed by atoms with Gasteiger partial charge in [0, 0.05) is 6.54 Å². The highest BCUT2D eigenvalue weighted by Gasteiger charge is 2.18. The van der Waals surface area contributed by atoms with Crippen LogP contribution in [0, 0.1) is 11.7 Å². The van der Waals surface area contributed by atoms with E-state index in [9.17, 15) is 9.18 Å². The molecule has 0 saturated carbocycles. The van der Waals surface area contributed by atoms with Crippen molar-refractivity contribution >= 4 is 5.91 Å². The molecular weight excluding hydrogens is 319 g/mol. The zero-order valence-corrected chi connectivity index (χ0v) is 14.7. The first kappa shape index (κ1) is 18.9. The fourth-order valence-electron chi connectivity index (χ4n) is 2.32.